The van der Waals surface area contributed by atoms with Gasteiger partial charge >= 0.3 is 0 Å². The zero-order valence-electron chi connectivity index (χ0n) is 26.8. The molecule has 0 aliphatic carbocycles. The number of hydrogen-bond acceptors (Lipinski definition) is 4. The summed E-state index contributed by atoms with van der Waals surface area (Å²) in [6, 6.07) is 34.7. The molecule has 3 heterocycles. The van der Waals surface area contributed by atoms with E-state index in [0.29, 0.717) is 22.9 Å². The fourth-order valence-corrected chi connectivity index (χ4v) is 5.40. The van der Waals surface area contributed by atoms with E-state index in [9.17, 15) is 0 Å². The summed E-state index contributed by atoms with van der Waals surface area (Å²) < 4.78 is 32.6. The SMILES string of the molecule is [2H]C([2H])([2H])N1[CH-]N(c2[c-]c(Oc3[c-]c4c(cc3)c3ccccc3n4-c3cc(C(C)(C)C)ccn3)ccc2)c2ccc(C)cc21.[Pt]. The predicted molar refractivity (Wildman–Crippen MR) is 167 cm³/mol. The van der Waals surface area contributed by atoms with Crippen LogP contribution in [0.3, 0.4) is 0 Å². The molecule has 1 aliphatic heterocycles. The van der Waals surface area contributed by atoms with Crippen molar-refractivity contribution >= 4 is 38.9 Å². The van der Waals surface area contributed by atoms with Crippen molar-refractivity contribution in [1.29, 1.82) is 0 Å². The number of aryl methyl sites for hydroxylation is 1. The molecule has 1 aliphatic rings. The number of nitrogens with zero attached hydrogens (tertiary/aromatic N) is 4. The average Bonchev–Trinajstić information content (AvgIpc) is 3.53. The Kier molecular flexibility index (Phi) is 6.21. The van der Waals surface area contributed by atoms with Crippen LogP contribution in [0, 0.1) is 25.7 Å². The van der Waals surface area contributed by atoms with Crippen LogP contribution in [0.1, 0.15) is 36.0 Å². The van der Waals surface area contributed by atoms with Gasteiger partial charge in [0.15, 0.2) is 0 Å². The van der Waals surface area contributed by atoms with Gasteiger partial charge in [-0.15, -0.1) is 41.4 Å². The summed E-state index contributed by atoms with van der Waals surface area (Å²) in [6.07, 6.45) is 1.86. The molecule has 2 aromatic heterocycles. The van der Waals surface area contributed by atoms with Gasteiger partial charge in [-0.2, -0.15) is 18.8 Å². The number of para-hydroxylation sites is 1. The largest absolute Gasteiger partial charge is 0.509 e. The Morgan fingerprint density at radius 1 is 0.857 bits per heavy atom. The van der Waals surface area contributed by atoms with E-state index < -0.39 is 6.98 Å². The predicted octanol–water partition coefficient (Wildman–Crippen LogP) is 8.88. The van der Waals surface area contributed by atoms with Crippen molar-refractivity contribution in [2.45, 2.75) is 33.1 Å². The summed E-state index contributed by atoms with van der Waals surface area (Å²) in [5, 5.41) is 2.16. The summed E-state index contributed by atoms with van der Waals surface area (Å²) in [4.78, 5) is 7.90. The van der Waals surface area contributed by atoms with Crippen LogP contribution in [-0.2, 0) is 26.5 Å². The molecule has 4 aromatic carbocycles. The van der Waals surface area contributed by atoms with Gasteiger partial charge in [0.05, 0.1) is 0 Å². The Morgan fingerprint density at radius 2 is 1.69 bits per heavy atom. The van der Waals surface area contributed by atoms with E-state index in [4.69, 9.17) is 13.8 Å². The second-order valence-corrected chi connectivity index (χ2v) is 11.4. The molecule has 0 unspecified atom stereocenters. The first kappa shape index (κ1) is 24.5. The zero-order valence-corrected chi connectivity index (χ0v) is 26.0. The molecular formula is C36H31N4OPt-3. The topological polar surface area (TPSA) is 33.5 Å². The smallest absolute Gasteiger partial charge is 0.135 e. The average molecular weight is 734 g/mol. The van der Waals surface area contributed by atoms with Crippen molar-refractivity contribution in [3.05, 3.63) is 121 Å². The number of benzene rings is 4. The molecule has 0 atom stereocenters. The number of rotatable bonds is 4. The van der Waals surface area contributed by atoms with Gasteiger partial charge < -0.3 is 19.1 Å². The fourth-order valence-electron chi connectivity index (χ4n) is 5.40. The molecule has 0 spiro atoms. The van der Waals surface area contributed by atoms with Crippen molar-refractivity contribution < 1.29 is 29.9 Å². The maximum Gasteiger partial charge on any atom is 0.135 e. The maximum absolute atomic E-state index is 8.06. The quantitative estimate of drug-likeness (QED) is 0.170. The summed E-state index contributed by atoms with van der Waals surface area (Å²) in [5.74, 6) is 1.85. The van der Waals surface area contributed by atoms with Gasteiger partial charge in [0.25, 0.3) is 0 Å². The third-order valence-electron chi connectivity index (χ3n) is 7.51. The van der Waals surface area contributed by atoms with Crippen LogP contribution in [0.2, 0.25) is 0 Å². The summed E-state index contributed by atoms with van der Waals surface area (Å²) in [6.45, 7) is 7.81. The van der Waals surface area contributed by atoms with E-state index in [0.717, 1.165) is 38.9 Å². The second kappa shape index (κ2) is 10.6. The first-order chi connectivity index (χ1) is 21.0. The molecule has 0 saturated heterocycles. The van der Waals surface area contributed by atoms with Crippen LogP contribution in [0.15, 0.2) is 91.1 Å². The van der Waals surface area contributed by atoms with Gasteiger partial charge in [-0.05, 0) is 66.2 Å². The molecule has 0 saturated carbocycles. The van der Waals surface area contributed by atoms with Gasteiger partial charge in [-0.3, -0.25) is 0 Å². The number of pyridine rings is 1. The Hall–Kier alpha value is -4.08. The van der Waals surface area contributed by atoms with E-state index in [-0.39, 0.29) is 26.5 Å². The van der Waals surface area contributed by atoms with E-state index >= 15 is 0 Å². The van der Waals surface area contributed by atoms with Crippen LogP contribution in [-0.4, -0.2) is 16.5 Å². The molecule has 5 nitrogen and oxygen atoms in total. The second-order valence-electron chi connectivity index (χ2n) is 11.4. The molecule has 0 amide bonds. The van der Waals surface area contributed by atoms with Crippen LogP contribution in [0.4, 0.5) is 17.1 Å². The molecule has 6 aromatic rings. The first-order valence-electron chi connectivity index (χ1n) is 15.1. The van der Waals surface area contributed by atoms with Gasteiger partial charge in [0, 0.05) is 59.8 Å². The minimum Gasteiger partial charge on any atom is -0.509 e. The van der Waals surface area contributed by atoms with Crippen molar-refractivity contribution in [1.82, 2.24) is 9.55 Å². The zero-order chi connectivity index (χ0) is 30.8. The Bertz CT molecular complexity index is 2050. The van der Waals surface area contributed by atoms with Gasteiger partial charge in [0.2, 0.25) is 0 Å². The molecule has 0 bridgehead atoms. The maximum atomic E-state index is 8.06. The standard InChI is InChI=1S/C36H31N4O.Pt/c1-24-13-16-32-34(19-24)38(5)23-39(32)26-9-8-10-27(21-26)41-28-14-15-30-29-11-6-7-12-31(29)40(33(30)22-28)35-20-25(17-18-37-35)36(2,3)4;/h6-20,23H,1-5H3;/q-3;/i5D3;. The molecule has 0 radical (unpaired) electrons. The van der Waals surface area contributed by atoms with Crippen molar-refractivity contribution in [2.24, 2.45) is 0 Å². The first-order valence-corrected chi connectivity index (χ1v) is 13.6. The van der Waals surface area contributed by atoms with Crippen molar-refractivity contribution in [3.63, 3.8) is 0 Å². The third-order valence-corrected chi connectivity index (χ3v) is 7.51. The van der Waals surface area contributed by atoms with E-state index in [1.807, 2.05) is 72.6 Å². The number of fused-ring (bicyclic) bond motifs is 4. The number of ether oxygens (including phenoxy) is 1. The number of hydrogen-bond donors (Lipinski definition) is 0. The molecule has 42 heavy (non-hydrogen) atoms. The van der Waals surface area contributed by atoms with Crippen LogP contribution in [0.5, 0.6) is 11.5 Å². The Labute approximate surface area is 265 Å². The number of anilines is 3. The summed E-state index contributed by atoms with van der Waals surface area (Å²) in [7, 11) is 0. The minimum absolute atomic E-state index is 0. The monoisotopic (exact) mass is 733 g/mol. The number of aromatic nitrogens is 2. The van der Waals surface area contributed by atoms with Gasteiger partial charge in [-0.25, -0.2) is 4.98 Å². The molecule has 0 N–H and O–H groups in total. The van der Waals surface area contributed by atoms with Crippen LogP contribution in [0.25, 0.3) is 27.6 Å². The normalized spacial score (nSPS) is 14.3. The summed E-state index contributed by atoms with van der Waals surface area (Å²) >= 11 is 0. The third kappa shape index (κ3) is 4.86. The van der Waals surface area contributed by atoms with Crippen LogP contribution >= 0.6 is 0 Å². The van der Waals surface area contributed by atoms with Crippen LogP contribution < -0.4 is 14.5 Å². The van der Waals surface area contributed by atoms with Crippen molar-refractivity contribution in [3.8, 4) is 17.3 Å². The van der Waals surface area contributed by atoms with Gasteiger partial charge in [0.1, 0.15) is 5.82 Å². The Balaban J connectivity index is 0.00000357. The van der Waals surface area contributed by atoms with Gasteiger partial charge in [-0.1, -0.05) is 50.6 Å². The molecule has 0 fully saturated rings. The molecule has 6 heteroatoms. The van der Waals surface area contributed by atoms with Crippen molar-refractivity contribution in [2.75, 3.05) is 16.8 Å². The molecule has 7 rings (SSSR count). The minimum atomic E-state index is -2.32. The van der Waals surface area contributed by atoms with E-state index in [2.05, 4.69) is 67.8 Å². The van der Waals surface area contributed by atoms with E-state index in [1.165, 1.54) is 10.5 Å². The van der Waals surface area contributed by atoms with E-state index in [1.54, 1.807) is 6.67 Å². The Morgan fingerprint density at radius 3 is 2.52 bits per heavy atom. The molecular weight excluding hydrogens is 700 g/mol. The molecule has 214 valence electrons. The summed E-state index contributed by atoms with van der Waals surface area (Å²) in [5.41, 5.74) is 6.12. The fraction of sp³-hybridized carbons (Fsp3) is 0.167.